The summed E-state index contributed by atoms with van der Waals surface area (Å²) in [6.07, 6.45) is -3.96. The van der Waals surface area contributed by atoms with Crippen LogP contribution in [0.5, 0.6) is 0 Å². The van der Waals surface area contributed by atoms with Crippen LogP contribution in [0, 0.1) is 5.92 Å². The van der Waals surface area contributed by atoms with E-state index in [0.717, 1.165) is 0 Å². The van der Waals surface area contributed by atoms with Gasteiger partial charge in [0.05, 0.1) is 25.2 Å². The number of rotatable bonds is 4. The van der Waals surface area contributed by atoms with Crippen LogP contribution in [-0.2, 0) is 9.47 Å². The first-order valence-corrected chi connectivity index (χ1v) is 5.38. The lowest BCUT2D eigenvalue weighted by atomic mass is 9.84. The number of hydrogen-bond acceptors (Lipinski definition) is 3. The summed E-state index contributed by atoms with van der Waals surface area (Å²) in [5, 5.41) is 0. The zero-order chi connectivity index (χ0) is 12.2. The van der Waals surface area contributed by atoms with E-state index in [9.17, 15) is 13.2 Å². The Kier molecular flexibility index (Phi) is 5.01. The molecule has 0 radical (unpaired) electrons. The lowest BCUT2D eigenvalue weighted by Gasteiger charge is -2.34. The molecule has 0 spiro atoms. The van der Waals surface area contributed by atoms with Gasteiger partial charge in [0.1, 0.15) is 0 Å². The maximum atomic E-state index is 12.4. The van der Waals surface area contributed by atoms with Crippen LogP contribution < -0.4 is 5.73 Å². The van der Waals surface area contributed by atoms with Gasteiger partial charge in [-0.2, -0.15) is 13.2 Å². The smallest absolute Gasteiger partial charge is 0.382 e. The maximum Gasteiger partial charge on any atom is 0.391 e. The van der Waals surface area contributed by atoms with E-state index in [4.69, 9.17) is 15.2 Å². The van der Waals surface area contributed by atoms with Crippen molar-refractivity contribution in [2.75, 3.05) is 20.3 Å². The molecule has 3 unspecified atom stereocenters. The molecule has 0 heterocycles. The Morgan fingerprint density at radius 2 is 1.94 bits per heavy atom. The van der Waals surface area contributed by atoms with Crippen LogP contribution in [0.4, 0.5) is 13.2 Å². The summed E-state index contributed by atoms with van der Waals surface area (Å²) >= 11 is 0. The molecule has 96 valence electrons. The highest BCUT2D eigenvalue weighted by molar-refractivity contribution is 4.86. The van der Waals surface area contributed by atoms with Gasteiger partial charge >= 0.3 is 6.18 Å². The van der Waals surface area contributed by atoms with Crippen molar-refractivity contribution in [1.82, 2.24) is 0 Å². The molecular formula is C10H18F3NO2. The quantitative estimate of drug-likeness (QED) is 0.762. The van der Waals surface area contributed by atoms with Gasteiger partial charge in [0.25, 0.3) is 0 Å². The van der Waals surface area contributed by atoms with Crippen molar-refractivity contribution in [1.29, 1.82) is 0 Å². The van der Waals surface area contributed by atoms with Crippen molar-refractivity contribution in [3.63, 3.8) is 0 Å². The molecule has 0 amide bonds. The Morgan fingerprint density at radius 3 is 2.44 bits per heavy atom. The normalized spacial score (nSPS) is 31.7. The first-order valence-electron chi connectivity index (χ1n) is 5.38. The third-order valence-electron chi connectivity index (χ3n) is 2.92. The molecule has 0 aromatic heterocycles. The average Bonchev–Trinajstić information content (AvgIpc) is 2.19. The third-order valence-corrected chi connectivity index (χ3v) is 2.92. The van der Waals surface area contributed by atoms with E-state index in [1.54, 1.807) is 7.11 Å². The summed E-state index contributed by atoms with van der Waals surface area (Å²) in [7, 11) is 1.55. The first-order chi connectivity index (χ1) is 7.45. The predicted octanol–water partition coefficient (Wildman–Crippen LogP) is 1.71. The van der Waals surface area contributed by atoms with Crippen molar-refractivity contribution in [2.24, 2.45) is 11.7 Å². The maximum absolute atomic E-state index is 12.4. The molecule has 16 heavy (non-hydrogen) atoms. The van der Waals surface area contributed by atoms with E-state index in [2.05, 4.69) is 0 Å². The SMILES string of the molecule is COCCOC1CCC(C(F)(F)F)CC1N. The fourth-order valence-electron chi connectivity index (χ4n) is 1.96. The minimum absolute atomic E-state index is 0.0405. The molecule has 0 bridgehead atoms. The molecule has 1 saturated carbocycles. The summed E-state index contributed by atoms with van der Waals surface area (Å²) in [6, 6.07) is -0.530. The van der Waals surface area contributed by atoms with Gasteiger partial charge in [-0.15, -0.1) is 0 Å². The van der Waals surface area contributed by atoms with E-state index >= 15 is 0 Å². The van der Waals surface area contributed by atoms with Gasteiger partial charge in [-0.25, -0.2) is 0 Å². The molecule has 1 fully saturated rings. The Morgan fingerprint density at radius 1 is 1.25 bits per heavy atom. The number of halogens is 3. The zero-order valence-corrected chi connectivity index (χ0v) is 9.30. The second-order valence-electron chi connectivity index (χ2n) is 4.12. The minimum Gasteiger partial charge on any atom is -0.382 e. The second-order valence-corrected chi connectivity index (χ2v) is 4.12. The van der Waals surface area contributed by atoms with Crippen molar-refractivity contribution in [2.45, 2.75) is 37.6 Å². The van der Waals surface area contributed by atoms with Crippen molar-refractivity contribution >= 4 is 0 Å². The number of hydrogen-bond donors (Lipinski definition) is 1. The number of methoxy groups -OCH3 is 1. The molecule has 0 aliphatic heterocycles. The largest absolute Gasteiger partial charge is 0.391 e. The molecule has 1 rings (SSSR count). The van der Waals surface area contributed by atoms with Gasteiger partial charge in [0.2, 0.25) is 0 Å². The molecule has 0 aromatic rings. The fraction of sp³-hybridized carbons (Fsp3) is 1.00. The van der Waals surface area contributed by atoms with Crippen LogP contribution in [0.3, 0.4) is 0 Å². The number of nitrogens with two attached hydrogens (primary N) is 1. The number of ether oxygens (including phenoxy) is 2. The lowest BCUT2D eigenvalue weighted by Crippen LogP contribution is -2.45. The van der Waals surface area contributed by atoms with Gasteiger partial charge in [-0.05, 0) is 19.3 Å². The highest BCUT2D eigenvalue weighted by Crippen LogP contribution is 2.37. The topological polar surface area (TPSA) is 44.5 Å². The highest BCUT2D eigenvalue weighted by Gasteiger charge is 2.44. The van der Waals surface area contributed by atoms with Crippen molar-refractivity contribution < 1.29 is 22.6 Å². The van der Waals surface area contributed by atoms with Crippen LogP contribution in [0.15, 0.2) is 0 Å². The van der Waals surface area contributed by atoms with Gasteiger partial charge in [0.15, 0.2) is 0 Å². The molecule has 6 heteroatoms. The summed E-state index contributed by atoms with van der Waals surface area (Å²) in [5.41, 5.74) is 5.68. The fourth-order valence-corrected chi connectivity index (χ4v) is 1.96. The molecular weight excluding hydrogens is 223 g/mol. The standard InChI is InChI=1S/C10H18F3NO2/c1-15-4-5-16-9-3-2-7(6-8(9)14)10(11,12)13/h7-9H,2-6,14H2,1H3. The average molecular weight is 241 g/mol. The first kappa shape index (κ1) is 13.7. The summed E-state index contributed by atoms with van der Waals surface area (Å²) in [4.78, 5) is 0. The Labute approximate surface area is 93.1 Å². The van der Waals surface area contributed by atoms with E-state index in [1.807, 2.05) is 0 Å². The van der Waals surface area contributed by atoms with E-state index < -0.39 is 18.1 Å². The molecule has 1 aliphatic rings. The van der Waals surface area contributed by atoms with E-state index in [1.165, 1.54) is 0 Å². The summed E-state index contributed by atoms with van der Waals surface area (Å²) < 4.78 is 47.5. The molecule has 3 atom stereocenters. The van der Waals surface area contributed by atoms with Crippen LogP contribution in [0.1, 0.15) is 19.3 Å². The van der Waals surface area contributed by atoms with E-state index in [-0.39, 0.29) is 18.9 Å². The van der Waals surface area contributed by atoms with Gasteiger partial charge in [-0.1, -0.05) is 0 Å². The number of alkyl halides is 3. The van der Waals surface area contributed by atoms with Crippen LogP contribution in [0.2, 0.25) is 0 Å². The van der Waals surface area contributed by atoms with Crippen LogP contribution in [-0.4, -0.2) is 38.6 Å². The Balaban J connectivity index is 2.34. The Bertz CT molecular complexity index is 211. The van der Waals surface area contributed by atoms with Crippen molar-refractivity contribution in [3.8, 4) is 0 Å². The second kappa shape index (κ2) is 5.84. The molecule has 0 aromatic carbocycles. The highest BCUT2D eigenvalue weighted by atomic mass is 19.4. The Hall–Kier alpha value is -0.330. The molecule has 2 N–H and O–H groups in total. The van der Waals surface area contributed by atoms with E-state index in [0.29, 0.717) is 19.6 Å². The van der Waals surface area contributed by atoms with Crippen LogP contribution in [0.25, 0.3) is 0 Å². The lowest BCUT2D eigenvalue weighted by molar-refractivity contribution is -0.190. The zero-order valence-electron chi connectivity index (χ0n) is 9.30. The molecule has 0 saturated heterocycles. The van der Waals surface area contributed by atoms with Gasteiger partial charge in [-0.3, -0.25) is 0 Å². The summed E-state index contributed by atoms with van der Waals surface area (Å²) in [6.45, 7) is 0.817. The summed E-state index contributed by atoms with van der Waals surface area (Å²) in [5.74, 6) is -1.27. The minimum atomic E-state index is -4.13. The monoisotopic (exact) mass is 241 g/mol. The van der Waals surface area contributed by atoms with Crippen molar-refractivity contribution in [3.05, 3.63) is 0 Å². The predicted molar refractivity (Wildman–Crippen MR) is 53.0 cm³/mol. The van der Waals surface area contributed by atoms with Crippen LogP contribution >= 0.6 is 0 Å². The van der Waals surface area contributed by atoms with Gasteiger partial charge in [0, 0.05) is 13.2 Å². The van der Waals surface area contributed by atoms with Gasteiger partial charge < -0.3 is 15.2 Å². The third kappa shape index (κ3) is 3.92. The molecule has 1 aliphatic carbocycles. The molecule has 3 nitrogen and oxygen atoms in total.